The third-order valence-electron chi connectivity index (χ3n) is 3.23. The lowest BCUT2D eigenvalue weighted by molar-refractivity contribution is -0.176. The highest BCUT2D eigenvalue weighted by atomic mass is 79.9. The topological polar surface area (TPSA) is 0 Å². The van der Waals surface area contributed by atoms with Crippen molar-refractivity contribution in [1.82, 2.24) is 0 Å². The molecule has 1 fully saturated rings. The Bertz CT molecular complexity index is 356. The molecule has 4 heteroatoms. The van der Waals surface area contributed by atoms with Gasteiger partial charge >= 0.3 is 6.18 Å². The zero-order valence-electron chi connectivity index (χ0n) is 8.60. The lowest BCUT2D eigenvalue weighted by atomic mass is 9.88. The van der Waals surface area contributed by atoms with E-state index in [0.717, 1.165) is 10.0 Å². The van der Waals surface area contributed by atoms with Gasteiger partial charge in [0.2, 0.25) is 0 Å². The minimum absolute atomic E-state index is 0.268. The van der Waals surface area contributed by atoms with E-state index in [2.05, 4.69) is 15.9 Å². The zero-order valence-corrected chi connectivity index (χ0v) is 10.2. The quantitative estimate of drug-likeness (QED) is 0.691. The fraction of sp³-hybridized carbons (Fsp3) is 0.500. The largest absolute Gasteiger partial charge is 0.392 e. The molecule has 2 unspecified atom stereocenters. The molecule has 0 bridgehead atoms. The summed E-state index contributed by atoms with van der Waals surface area (Å²) in [6.45, 7) is 0. The molecule has 1 aliphatic rings. The van der Waals surface area contributed by atoms with Crippen molar-refractivity contribution < 1.29 is 13.2 Å². The van der Waals surface area contributed by atoms with Gasteiger partial charge in [0.05, 0.1) is 5.92 Å². The van der Waals surface area contributed by atoms with Crippen molar-refractivity contribution in [3.8, 4) is 0 Å². The van der Waals surface area contributed by atoms with Gasteiger partial charge in [-0.2, -0.15) is 13.2 Å². The van der Waals surface area contributed by atoms with E-state index >= 15 is 0 Å². The average Bonchev–Trinajstić information content (AvgIpc) is 2.66. The lowest BCUT2D eigenvalue weighted by Gasteiger charge is -2.22. The van der Waals surface area contributed by atoms with Crippen molar-refractivity contribution in [2.24, 2.45) is 5.92 Å². The molecule has 0 amide bonds. The van der Waals surface area contributed by atoms with Gasteiger partial charge in [0, 0.05) is 4.47 Å². The minimum Gasteiger partial charge on any atom is -0.171 e. The Balaban J connectivity index is 2.23. The molecule has 16 heavy (non-hydrogen) atoms. The van der Waals surface area contributed by atoms with E-state index in [-0.39, 0.29) is 12.3 Å². The van der Waals surface area contributed by atoms with E-state index in [1.807, 2.05) is 0 Å². The summed E-state index contributed by atoms with van der Waals surface area (Å²) < 4.78 is 39.2. The molecular formula is C12H12BrF3. The lowest BCUT2D eigenvalue weighted by Crippen LogP contribution is -2.25. The van der Waals surface area contributed by atoms with Crippen molar-refractivity contribution in [2.45, 2.75) is 31.4 Å². The Morgan fingerprint density at radius 1 is 1.06 bits per heavy atom. The van der Waals surface area contributed by atoms with Gasteiger partial charge in [-0.1, -0.05) is 34.5 Å². The Kier molecular flexibility index (Phi) is 3.29. The third kappa shape index (κ3) is 2.42. The molecule has 0 saturated heterocycles. The minimum atomic E-state index is -4.06. The van der Waals surface area contributed by atoms with E-state index < -0.39 is 12.1 Å². The van der Waals surface area contributed by atoms with Crippen LogP contribution in [0.1, 0.15) is 30.7 Å². The van der Waals surface area contributed by atoms with Crippen LogP contribution >= 0.6 is 15.9 Å². The predicted molar refractivity (Wildman–Crippen MR) is 60.3 cm³/mol. The highest BCUT2D eigenvalue weighted by Crippen LogP contribution is 2.48. The molecule has 0 spiro atoms. The maximum atomic E-state index is 12.8. The van der Waals surface area contributed by atoms with Crippen molar-refractivity contribution in [3.63, 3.8) is 0 Å². The van der Waals surface area contributed by atoms with E-state index in [1.54, 1.807) is 24.3 Å². The monoisotopic (exact) mass is 292 g/mol. The Labute approximate surface area is 101 Å². The molecule has 1 aromatic rings. The second-order valence-electron chi connectivity index (χ2n) is 4.24. The van der Waals surface area contributed by atoms with Crippen LogP contribution in [0.2, 0.25) is 0 Å². The molecule has 0 N–H and O–H groups in total. The summed E-state index contributed by atoms with van der Waals surface area (Å²) in [5, 5.41) is 0. The molecule has 2 rings (SSSR count). The van der Waals surface area contributed by atoms with Crippen molar-refractivity contribution in [1.29, 1.82) is 0 Å². The van der Waals surface area contributed by atoms with E-state index in [9.17, 15) is 13.2 Å². The maximum Gasteiger partial charge on any atom is 0.392 e. The number of benzene rings is 1. The second kappa shape index (κ2) is 4.40. The van der Waals surface area contributed by atoms with Gasteiger partial charge < -0.3 is 0 Å². The fourth-order valence-electron chi connectivity index (χ4n) is 2.46. The van der Waals surface area contributed by atoms with Gasteiger partial charge in [-0.3, -0.25) is 0 Å². The smallest absolute Gasteiger partial charge is 0.171 e. The molecule has 88 valence electrons. The van der Waals surface area contributed by atoms with Gasteiger partial charge in [0.1, 0.15) is 0 Å². The molecule has 0 radical (unpaired) electrons. The van der Waals surface area contributed by atoms with Crippen LogP contribution in [0.4, 0.5) is 13.2 Å². The SMILES string of the molecule is FC(F)(F)C1CCCC1c1ccc(Br)cc1. The van der Waals surface area contributed by atoms with E-state index in [4.69, 9.17) is 0 Å². The average molecular weight is 293 g/mol. The number of rotatable bonds is 1. The van der Waals surface area contributed by atoms with Crippen molar-refractivity contribution >= 4 is 15.9 Å². The summed E-state index contributed by atoms with van der Waals surface area (Å²) in [6, 6.07) is 7.19. The predicted octanol–water partition coefficient (Wildman–Crippen LogP) is 4.90. The summed E-state index contributed by atoms with van der Waals surface area (Å²) in [5.41, 5.74) is 0.808. The summed E-state index contributed by atoms with van der Waals surface area (Å²) in [6.07, 6.45) is -2.48. The van der Waals surface area contributed by atoms with Crippen LogP contribution < -0.4 is 0 Å². The van der Waals surface area contributed by atoms with E-state index in [1.165, 1.54) is 0 Å². The summed E-state index contributed by atoms with van der Waals surface area (Å²) in [5.74, 6) is -1.51. The summed E-state index contributed by atoms with van der Waals surface area (Å²) in [4.78, 5) is 0. The first-order valence-corrected chi connectivity index (χ1v) is 6.10. The van der Waals surface area contributed by atoms with Crippen LogP contribution in [0, 0.1) is 5.92 Å². The normalized spacial score (nSPS) is 26.0. The van der Waals surface area contributed by atoms with Crippen molar-refractivity contribution in [3.05, 3.63) is 34.3 Å². The molecule has 0 aliphatic heterocycles. The zero-order chi connectivity index (χ0) is 11.8. The first-order valence-electron chi connectivity index (χ1n) is 5.30. The van der Waals surface area contributed by atoms with E-state index in [0.29, 0.717) is 12.8 Å². The molecule has 2 atom stereocenters. The Hall–Kier alpha value is -0.510. The van der Waals surface area contributed by atoms with Crippen LogP contribution in [0.5, 0.6) is 0 Å². The van der Waals surface area contributed by atoms with Gasteiger partial charge in [-0.15, -0.1) is 0 Å². The Morgan fingerprint density at radius 3 is 2.25 bits per heavy atom. The highest BCUT2D eigenvalue weighted by molar-refractivity contribution is 9.10. The Morgan fingerprint density at radius 2 is 1.69 bits per heavy atom. The number of alkyl halides is 3. The van der Waals surface area contributed by atoms with Crippen LogP contribution in [-0.2, 0) is 0 Å². The second-order valence-corrected chi connectivity index (χ2v) is 5.15. The first-order chi connectivity index (χ1) is 7.48. The summed E-state index contributed by atoms with van der Waals surface area (Å²) >= 11 is 3.29. The standard InChI is InChI=1S/C12H12BrF3/c13-9-6-4-8(5-7-9)10-2-1-3-11(10)12(14,15)16/h4-7,10-11H,1-3H2. The van der Waals surface area contributed by atoms with Gasteiger partial charge in [-0.25, -0.2) is 0 Å². The van der Waals surface area contributed by atoms with Crippen LogP contribution in [0.15, 0.2) is 28.7 Å². The molecule has 1 aromatic carbocycles. The number of halogens is 4. The highest BCUT2D eigenvalue weighted by Gasteiger charge is 2.47. The first kappa shape index (κ1) is 12.0. The van der Waals surface area contributed by atoms with Gasteiger partial charge in [-0.05, 0) is 36.5 Å². The molecule has 1 aliphatic carbocycles. The molecular weight excluding hydrogens is 281 g/mol. The third-order valence-corrected chi connectivity index (χ3v) is 3.76. The van der Waals surface area contributed by atoms with Crippen LogP contribution in [0.3, 0.4) is 0 Å². The molecule has 0 nitrogen and oxygen atoms in total. The van der Waals surface area contributed by atoms with Crippen LogP contribution in [-0.4, -0.2) is 6.18 Å². The molecule has 0 heterocycles. The number of hydrogen-bond acceptors (Lipinski definition) is 0. The maximum absolute atomic E-state index is 12.8. The molecule has 0 aromatic heterocycles. The van der Waals surface area contributed by atoms with Gasteiger partial charge in [0.15, 0.2) is 0 Å². The number of hydrogen-bond donors (Lipinski definition) is 0. The van der Waals surface area contributed by atoms with Crippen molar-refractivity contribution in [2.75, 3.05) is 0 Å². The summed E-state index contributed by atoms with van der Waals surface area (Å²) in [7, 11) is 0. The fourth-order valence-corrected chi connectivity index (χ4v) is 2.73. The molecule has 1 saturated carbocycles. The van der Waals surface area contributed by atoms with Gasteiger partial charge in [0.25, 0.3) is 0 Å². The van der Waals surface area contributed by atoms with Crippen LogP contribution in [0.25, 0.3) is 0 Å².